The van der Waals surface area contributed by atoms with Crippen LogP contribution >= 0.6 is 11.6 Å². The number of hydrogen-bond donors (Lipinski definition) is 1. The van der Waals surface area contributed by atoms with E-state index in [0.717, 1.165) is 11.3 Å². The van der Waals surface area contributed by atoms with Crippen molar-refractivity contribution in [1.29, 1.82) is 0 Å². The molecule has 0 aliphatic rings. The maximum absolute atomic E-state index is 13.3. The van der Waals surface area contributed by atoms with Crippen LogP contribution in [0.5, 0.6) is 5.75 Å². The van der Waals surface area contributed by atoms with Gasteiger partial charge in [0.15, 0.2) is 5.82 Å². The van der Waals surface area contributed by atoms with Gasteiger partial charge in [0.25, 0.3) is 5.56 Å². The van der Waals surface area contributed by atoms with Crippen LogP contribution in [0.25, 0.3) is 5.69 Å². The number of para-hydroxylation sites is 1. The van der Waals surface area contributed by atoms with Crippen molar-refractivity contribution in [1.82, 2.24) is 9.55 Å². The largest absolute Gasteiger partial charge is 0.496 e. The highest BCUT2D eigenvalue weighted by Gasteiger charge is 2.09. The molecule has 1 heterocycles. The fourth-order valence-electron chi connectivity index (χ4n) is 2.40. The van der Waals surface area contributed by atoms with Crippen LogP contribution < -0.4 is 15.6 Å². The Balaban J connectivity index is 1.89. The molecule has 0 unspecified atom stereocenters. The number of benzene rings is 2. The molecule has 5 nitrogen and oxygen atoms in total. The summed E-state index contributed by atoms with van der Waals surface area (Å²) in [4.78, 5) is 16.7. The molecule has 0 radical (unpaired) electrons. The van der Waals surface area contributed by atoms with Gasteiger partial charge in [-0.1, -0.05) is 29.8 Å². The minimum Gasteiger partial charge on any atom is -0.496 e. The maximum atomic E-state index is 13.3. The fraction of sp³-hybridized carbons (Fsp3) is 0.111. The Bertz CT molecular complexity index is 959. The third-order valence-electron chi connectivity index (χ3n) is 3.66. The Morgan fingerprint density at radius 1 is 1.28 bits per heavy atom. The molecule has 1 N–H and O–H groups in total. The normalized spacial score (nSPS) is 10.5. The Labute approximate surface area is 148 Å². The van der Waals surface area contributed by atoms with E-state index in [-0.39, 0.29) is 16.4 Å². The predicted molar refractivity (Wildman–Crippen MR) is 95.1 cm³/mol. The number of ether oxygens (including phenoxy) is 1. The summed E-state index contributed by atoms with van der Waals surface area (Å²) in [5.41, 5.74) is 0.991. The van der Waals surface area contributed by atoms with Crippen molar-refractivity contribution in [2.75, 3.05) is 12.4 Å². The number of anilines is 1. The summed E-state index contributed by atoms with van der Waals surface area (Å²) in [6, 6.07) is 11.6. The molecule has 0 aliphatic heterocycles. The topological polar surface area (TPSA) is 56.1 Å². The summed E-state index contributed by atoms with van der Waals surface area (Å²) >= 11 is 5.79. The first-order chi connectivity index (χ1) is 12.1. The number of hydrogen-bond acceptors (Lipinski definition) is 4. The zero-order chi connectivity index (χ0) is 17.8. The summed E-state index contributed by atoms with van der Waals surface area (Å²) in [5, 5.41) is 2.96. The molecule has 25 heavy (non-hydrogen) atoms. The second-order valence-electron chi connectivity index (χ2n) is 5.21. The number of nitrogens with one attached hydrogen (secondary N) is 1. The molecule has 3 aromatic rings. The van der Waals surface area contributed by atoms with Crippen molar-refractivity contribution >= 4 is 17.4 Å². The molecule has 0 saturated heterocycles. The Morgan fingerprint density at radius 3 is 2.84 bits per heavy atom. The molecule has 0 bridgehead atoms. The van der Waals surface area contributed by atoms with E-state index in [2.05, 4.69) is 10.3 Å². The molecule has 7 heteroatoms. The van der Waals surface area contributed by atoms with E-state index in [1.807, 2.05) is 24.3 Å². The Hall–Kier alpha value is -2.86. The van der Waals surface area contributed by atoms with Gasteiger partial charge in [-0.2, -0.15) is 0 Å². The molecule has 0 aliphatic carbocycles. The highest BCUT2D eigenvalue weighted by molar-refractivity contribution is 6.30. The second-order valence-corrected chi connectivity index (χ2v) is 5.62. The lowest BCUT2D eigenvalue weighted by atomic mass is 10.2. The average Bonchev–Trinajstić information content (AvgIpc) is 2.63. The van der Waals surface area contributed by atoms with Crippen molar-refractivity contribution in [3.8, 4) is 11.4 Å². The molecule has 0 saturated carbocycles. The summed E-state index contributed by atoms with van der Waals surface area (Å²) in [5.74, 6) is 0.354. The van der Waals surface area contributed by atoms with Gasteiger partial charge < -0.3 is 10.1 Å². The lowest BCUT2D eigenvalue weighted by Gasteiger charge is -2.11. The Kier molecular flexibility index (Phi) is 5.00. The number of rotatable bonds is 5. The number of halogens is 2. The van der Waals surface area contributed by atoms with Crippen molar-refractivity contribution in [3.63, 3.8) is 0 Å². The average molecular weight is 360 g/mol. The van der Waals surface area contributed by atoms with E-state index in [0.29, 0.717) is 12.2 Å². The molecule has 0 amide bonds. The second kappa shape index (κ2) is 7.36. The van der Waals surface area contributed by atoms with Gasteiger partial charge in [0.1, 0.15) is 11.6 Å². The lowest BCUT2D eigenvalue weighted by molar-refractivity contribution is 0.410. The zero-order valence-corrected chi connectivity index (χ0v) is 14.1. The van der Waals surface area contributed by atoms with Crippen LogP contribution in [0.3, 0.4) is 0 Å². The van der Waals surface area contributed by atoms with Crippen LogP contribution in [0, 0.1) is 5.82 Å². The summed E-state index contributed by atoms with van der Waals surface area (Å²) in [6.45, 7) is 0.375. The first-order valence-corrected chi connectivity index (χ1v) is 7.87. The van der Waals surface area contributed by atoms with Gasteiger partial charge in [-0.05, 0) is 24.3 Å². The summed E-state index contributed by atoms with van der Waals surface area (Å²) < 4.78 is 20.0. The van der Waals surface area contributed by atoms with Crippen LogP contribution in [0.4, 0.5) is 10.2 Å². The Morgan fingerprint density at radius 2 is 2.08 bits per heavy atom. The van der Waals surface area contributed by atoms with Gasteiger partial charge in [0, 0.05) is 24.5 Å². The van der Waals surface area contributed by atoms with E-state index in [9.17, 15) is 9.18 Å². The maximum Gasteiger partial charge on any atom is 0.297 e. The fourth-order valence-corrected chi connectivity index (χ4v) is 2.57. The number of methoxy groups -OCH3 is 1. The molecule has 128 valence electrons. The van der Waals surface area contributed by atoms with Crippen molar-refractivity contribution in [2.45, 2.75) is 6.54 Å². The van der Waals surface area contributed by atoms with Crippen molar-refractivity contribution in [2.24, 2.45) is 0 Å². The summed E-state index contributed by atoms with van der Waals surface area (Å²) in [7, 11) is 1.59. The molecule has 3 rings (SSSR count). The molecule has 2 aromatic carbocycles. The van der Waals surface area contributed by atoms with Crippen molar-refractivity contribution < 1.29 is 9.13 Å². The SMILES string of the molecule is COc1ccccc1CNc1nccn(-c2ccc(F)c(Cl)c2)c1=O. The molecule has 1 aromatic heterocycles. The van der Waals surface area contributed by atoms with Crippen LogP contribution in [-0.4, -0.2) is 16.7 Å². The van der Waals surface area contributed by atoms with E-state index < -0.39 is 5.82 Å². The van der Waals surface area contributed by atoms with E-state index in [4.69, 9.17) is 16.3 Å². The van der Waals surface area contributed by atoms with Gasteiger partial charge in [-0.15, -0.1) is 0 Å². The third kappa shape index (κ3) is 3.64. The van der Waals surface area contributed by atoms with Crippen LogP contribution in [0.2, 0.25) is 5.02 Å². The quantitative estimate of drug-likeness (QED) is 0.755. The van der Waals surface area contributed by atoms with E-state index in [1.54, 1.807) is 7.11 Å². The first kappa shape index (κ1) is 17.0. The third-order valence-corrected chi connectivity index (χ3v) is 3.95. The highest BCUT2D eigenvalue weighted by atomic mass is 35.5. The van der Waals surface area contributed by atoms with Gasteiger partial charge in [-0.25, -0.2) is 9.37 Å². The molecular weight excluding hydrogens is 345 g/mol. The lowest BCUT2D eigenvalue weighted by Crippen LogP contribution is -2.23. The van der Waals surface area contributed by atoms with Crippen molar-refractivity contribution in [3.05, 3.63) is 81.6 Å². The van der Waals surface area contributed by atoms with Gasteiger partial charge >= 0.3 is 0 Å². The van der Waals surface area contributed by atoms with Gasteiger partial charge in [0.05, 0.1) is 17.8 Å². The number of nitrogens with zero attached hydrogens (tertiary/aromatic N) is 2. The zero-order valence-electron chi connectivity index (χ0n) is 13.4. The standard InChI is InChI=1S/C18H15ClFN3O2/c1-25-16-5-3-2-4-12(16)11-22-17-18(24)23(9-8-21-17)13-6-7-15(20)14(19)10-13/h2-10H,11H2,1H3,(H,21,22). The molecule has 0 fully saturated rings. The minimum atomic E-state index is -0.540. The summed E-state index contributed by atoms with van der Waals surface area (Å²) in [6.07, 6.45) is 2.99. The molecule has 0 spiro atoms. The van der Waals surface area contributed by atoms with E-state index >= 15 is 0 Å². The van der Waals surface area contributed by atoms with E-state index in [1.165, 1.54) is 35.2 Å². The van der Waals surface area contributed by atoms with Gasteiger partial charge in [-0.3, -0.25) is 9.36 Å². The predicted octanol–water partition coefficient (Wildman–Crippen LogP) is 3.65. The van der Waals surface area contributed by atoms with Crippen LogP contribution in [-0.2, 0) is 6.54 Å². The molecule has 0 atom stereocenters. The number of aromatic nitrogens is 2. The first-order valence-electron chi connectivity index (χ1n) is 7.49. The highest BCUT2D eigenvalue weighted by Crippen LogP contribution is 2.19. The smallest absolute Gasteiger partial charge is 0.297 e. The van der Waals surface area contributed by atoms with Crippen LogP contribution in [0.1, 0.15) is 5.56 Å². The minimum absolute atomic E-state index is 0.0512. The van der Waals surface area contributed by atoms with Crippen LogP contribution in [0.15, 0.2) is 59.7 Å². The monoisotopic (exact) mass is 359 g/mol. The molecular formula is C18H15ClFN3O2. The van der Waals surface area contributed by atoms with Gasteiger partial charge in [0.2, 0.25) is 0 Å².